The molecule has 7 nitrogen and oxygen atoms in total. The largest absolute Gasteiger partial charge is 0.507 e. The Morgan fingerprint density at radius 3 is 2.38 bits per heavy atom. The van der Waals surface area contributed by atoms with Crippen molar-refractivity contribution in [3.05, 3.63) is 63.6 Å². The van der Waals surface area contributed by atoms with Crippen molar-refractivity contribution in [3.63, 3.8) is 0 Å². The lowest BCUT2D eigenvalue weighted by molar-refractivity contribution is -0.140. The van der Waals surface area contributed by atoms with Gasteiger partial charge in [0.2, 0.25) is 0 Å². The fourth-order valence-corrected chi connectivity index (χ4v) is 4.58. The van der Waals surface area contributed by atoms with Gasteiger partial charge in [0.05, 0.1) is 23.8 Å². The minimum atomic E-state index is -0.772. The van der Waals surface area contributed by atoms with Crippen LogP contribution in [0.25, 0.3) is 5.76 Å². The molecule has 8 heteroatoms. The zero-order chi connectivity index (χ0) is 24.8. The van der Waals surface area contributed by atoms with Gasteiger partial charge in [-0.2, -0.15) is 0 Å². The van der Waals surface area contributed by atoms with Gasteiger partial charge in [-0.1, -0.05) is 41.9 Å². The van der Waals surface area contributed by atoms with Crippen molar-refractivity contribution < 1.29 is 24.5 Å². The van der Waals surface area contributed by atoms with Gasteiger partial charge >= 0.3 is 0 Å². The number of hydrogen-bond acceptors (Lipinski definition) is 6. The van der Waals surface area contributed by atoms with Crippen LogP contribution in [0.3, 0.4) is 0 Å². The van der Waals surface area contributed by atoms with Crippen LogP contribution in [0, 0.1) is 0 Å². The first-order valence-electron chi connectivity index (χ1n) is 11.5. The predicted molar refractivity (Wildman–Crippen MR) is 135 cm³/mol. The second-order valence-electron chi connectivity index (χ2n) is 8.04. The summed E-state index contributed by atoms with van der Waals surface area (Å²) in [6.07, 6.45) is 0.685. The second-order valence-corrected chi connectivity index (χ2v) is 8.95. The molecule has 0 spiro atoms. The van der Waals surface area contributed by atoms with Crippen molar-refractivity contribution in [2.45, 2.75) is 33.2 Å². The van der Waals surface area contributed by atoms with Crippen molar-refractivity contribution >= 4 is 33.4 Å². The summed E-state index contributed by atoms with van der Waals surface area (Å²) in [5.74, 6) is -1.33. The number of nitrogens with zero attached hydrogens (tertiary/aromatic N) is 2. The van der Waals surface area contributed by atoms with Crippen molar-refractivity contribution in [1.82, 2.24) is 9.80 Å². The molecule has 34 heavy (non-hydrogen) atoms. The lowest BCUT2D eigenvalue weighted by Crippen LogP contribution is -2.33. The number of aliphatic hydroxyl groups is 1. The van der Waals surface area contributed by atoms with Crippen LogP contribution in [0.2, 0.25) is 0 Å². The molecule has 1 aliphatic rings. The van der Waals surface area contributed by atoms with Gasteiger partial charge < -0.3 is 24.7 Å². The molecule has 1 amide bonds. The summed E-state index contributed by atoms with van der Waals surface area (Å²) in [4.78, 5) is 30.0. The van der Waals surface area contributed by atoms with E-state index in [1.807, 2.05) is 6.92 Å². The summed E-state index contributed by atoms with van der Waals surface area (Å²) in [6, 6.07) is 11.0. The van der Waals surface area contributed by atoms with Crippen LogP contribution >= 0.6 is 15.9 Å². The van der Waals surface area contributed by atoms with E-state index in [0.717, 1.165) is 19.6 Å². The van der Waals surface area contributed by atoms with Gasteiger partial charge in [-0.25, -0.2) is 0 Å². The highest BCUT2D eigenvalue weighted by molar-refractivity contribution is 9.10. The van der Waals surface area contributed by atoms with E-state index in [1.54, 1.807) is 30.3 Å². The van der Waals surface area contributed by atoms with Crippen molar-refractivity contribution in [1.29, 1.82) is 0 Å². The molecule has 0 saturated carbocycles. The number of rotatable bonds is 10. The van der Waals surface area contributed by atoms with Gasteiger partial charge in [0.25, 0.3) is 11.7 Å². The van der Waals surface area contributed by atoms with E-state index < -0.39 is 23.5 Å². The van der Waals surface area contributed by atoms with Crippen LogP contribution in [0.4, 0.5) is 0 Å². The number of aromatic hydroxyl groups is 1. The highest BCUT2D eigenvalue weighted by Crippen LogP contribution is 2.41. The number of ketones is 1. The summed E-state index contributed by atoms with van der Waals surface area (Å²) in [5.41, 5.74) is 0.735. The van der Waals surface area contributed by atoms with Gasteiger partial charge in [-0.3, -0.25) is 9.59 Å². The van der Waals surface area contributed by atoms with E-state index in [2.05, 4.69) is 34.7 Å². The molecule has 0 aromatic heterocycles. The Hall–Kier alpha value is -2.84. The Morgan fingerprint density at radius 2 is 1.76 bits per heavy atom. The Morgan fingerprint density at radius 1 is 1.09 bits per heavy atom. The third-order valence-corrected chi connectivity index (χ3v) is 6.52. The van der Waals surface area contributed by atoms with E-state index in [-0.39, 0.29) is 16.9 Å². The molecule has 2 aromatic rings. The Kier molecular flexibility index (Phi) is 8.74. The van der Waals surface area contributed by atoms with Crippen LogP contribution in [-0.4, -0.2) is 64.5 Å². The molecule has 1 unspecified atom stereocenters. The predicted octanol–water partition coefficient (Wildman–Crippen LogP) is 4.71. The molecule has 2 aromatic carbocycles. The maximum atomic E-state index is 13.2. The zero-order valence-corrected chi connectivity index (χ0v) is 21.3. The molecular formula is C26H31BrN2O5. The number of carbonyl (C=O) groups excluding carboxylic acids is 2. The van der Waals surface area contributed by atoms with Crippen LogP contribution in [-0.2, 0) is 9.59 Å². The van der Waals surface area contributed by atoms with Crippen LogP contribution in [0.1, 0.15) is 44.4 Å². The van der Waals surface area contributed by atoms with E-state index in [0.29, 0.717) is 35.4 Å². The molecule has 1 heterocycles. The van der Waals surface area contributed by atoms with E-state index in [9.17, 15) is 19.8 Å². The molecule has 182 valence electrons. The first-order chi connectivity index (χ1) is 16.3. The minimum absolute atomic E-state index is 0.0367. The number of amides is 1. The monoisotopic (exact) mass is 530 g/mol. The highest BCUT2D eigenvalue weighted by atomic mass is 79.9. The van der Waals surface area contributed by atoms with Gasteiger partial charge in [0, 0.05) is 11.0 Å². The Labute approximate surface area is 208 Å². The molecule has 1 fully saturated rings. The number of ether oxygens (including phenoxy) is 1. The second kappa shape index (κ2) is 11.5. The standard InChI is InChI=1S/C26H31BrN2O5/c1-4-28(5-2)14-7-15-29-23(17-8-11-19(12-9-17)34-6-3)22(25(32)26(29)33)24(31)20-16-18(27)10-13-21(20)30/h8-13,16,23,30-31H,4-7,14-15H2,1-3H3/b24-22+. The molecule has 1 saturated heterocycles. The molecule has 0 radical (unpaired) electrons. The number of phenolic OH excluding ortho intramolecular Hbond substituents is 1. The summed E-state index contributed by atoms with van der Waals surface area (Å²) in [5, 5.41) is 21.5. The normalized spacial score (nSPS) is 17.6. The zero-order valence-electron chi connectivity index (χ0n) is 19.8. The summed E-state index contributed by atoms with van der Waals surface area (Å²) < 4.78 is 6.15. The number of benzene rings is 2. The topological polar surface area (TPSA) is 90.3 Å². The van der Waals surface area contributed by atoms with Crippen molar-refractivity contribution in [2.24, 2.45) is 0 Å². The van der Waals surface area contributed by atoms with E-state index >= 15 is 0 Å². The number of phenols is 1. The number of Topliss-reactive ketones (excluding diaryl/α,β-unsaturated/α-hetero) is 1. The molecule has 1 aliphatic heterocycles. The first kappa shape index (κ1) is 25.8. The maximum Gasteiger partial charge on any atom is 0.295 e. The fraction of sp³-hybridized carbons (Fsp3) is 0.385. The van der Waals surface area contributed by atoms with E-state index in [1.165, 1.54) is 17.0 Å². The van der Waals surface area contributed by atoms with E-state index in [4.69, 9.17) is 4.74 Å². The van der Waals surface area contributed by atoms with Crippen molar-refractivity contribution in [2.75, 3.05) is 32.8 Å². The molecule has 1 atom stereocenters. The minimum Gasteiger partial charge on any atom is -0.507 e. The number of aliphatic hydroxyl groups excluding tert-OH is 1. The SMILES string of the molecule is CCOc1ccc(C2/C(=C(\O)c3cc(Br)ccc3O)C(=O)C(=O)N2CCCN(CC)CC)cc1. The average Bonchev–Trinajstić information content (AvgIpc) is 3.08. The number of carbonyl (C=O) groups is 2. The molecule has 3 rings (SSSR count). The molecule has 0 bridgehead atoms. The summed E-state index contributed by atoms with van der Waals surface area (Å²) in [6.45, 7) is 9.53. The smallest absolute Gasteiger partial charge is 0.295 e. The Bertz CT molecular complexity index is 1060. The average molecular weight is 531 g/mol. The van der Waals surface area contributed by atoms with Crippen LogP contribution in [0.15, 0.2) is 52.5 Å². The first-order valence-corrected chi connectivity index (χ1v) is 12.3. The highest BCUT2D eigenvalue weighted by Gasteiger charge is 2.46. The van der Waals surface area contributed by atoms with Crippen LogP contribution < -0.4 is 4.74 Å². The van der Waals surface area contributed by atoms with Gasteiger partial charge in [0.15, 0.2) is 0 Å². The third-order valence-electron chi connectivity index (χ3n) is 6.03. The quantitative estimate of drug-likeness (QED) is 0.262. The van der Waals surface area contributed by atoms with Gasteiger partial charge in [-0.05, 0) is 68.9 Å². The number of likely N-dealkylation sites (tertiary alicyclic amines) is 1. The fourth-order valence-electron chi connectivity index (χ4n) is 4.22. The lowest BCUT2D eigenvalue weighted by Gasteiger charge is -2.27. The maximum absolute atomic E-state index is 13.2. The molecule has 0 aliphatic carbocycles. The van der Waals surface area contributed by atoms with Crippen molar-refractivity contribution in [3.8, 4) is 11.5 Å². The Balaban J connectivity index is 2.06. The molecular weight excluding hydrogens is 500 g/mol. The van der Waals surface area contributed by atoms with Crippen LogP contribution in [0.5, 0.6) is 11.5 Å². The number of halogens is 1. The summed E-state index contributed by atoms with van der Waals surface area (Å²) in [7, 11) is 0. The third kappa shape index (κ3) is 5.45. The lowest BCUT2D eigenvalue weighted by atomic mass is 9.95. The summed E-state index contributed by atoms with van der Waals surface area (Å²) >= 11 is 3.33. The number of hydrogen-bond donors (Lipinski definition) is 2. The van der Waals surface area contributed by atoms with Gasteiger partial charge in [-0.15, -0.1) is 0 Å². The van der Waals surface area contributed by atoms with Gasteiger partial charge in [0.1, 0.15) is 17.3 Å². The molecule has 2 N–H and O–H groups in total.